The number of fused-ring (bicyclic) bond motifs is 1. The van der Waals surface area contributed by atoms with Crippen LogP contribution >= 0.6 is 0 Å². The Bertz CT molecular complexity index is 1170. The Kier molecular flexibility index (Phi) is 4.22. The predicted molar refractivity (Wildman–Crippen MR) is 105 cm³/mol. The van der Waals surface area contributed by atoms with Gasteiger partial charge in [0, 0.05) is 41.6 Å². The molecule has 0 amide bonds. The third-order valence-electron chi connectivity index (χ3n) is 4.99. The quantitative estimate of drug-likeness (QED) is 0.672. The molecule has 1 aromatic carbocycles. The monoisotopic (exact) mass is 386 g/mol. The second-order valence-corrected chi connectivity index (χ2v) is 9.68. The lowest BCUT2D eigenvalue weighted by Crippen LogP contribution is -2.18. The van der Waals surface area contributed by atoms with Crippen molar-refractivity contribution in [1.82, 2.24) is 9.55 Å². The van der Waals surface area contributed by atoms with Crippen molar-refractivity contribution in [1.29, 1.82) is 0 Å². The molecule has 142 valence electrons. The fourth-order valence-corrected chi connectivity index (χ4v) is 4.17. The van der Waals surface area contributed by atoms with E-state index in [0.717, 1.165) is 24.0 Å². The Labute approximate surface area is 157 Å². The zero-order valence-electron chi connectivity index (χ0n) is 15.7. The molecule has 0 N–H and O–H groups in total. The minimum Gasteiger partial charge on any atom is -0.440 e. The Morgan fingerprint density at radius 3 is 2.63 bits per heavy atom. The van der Waals surface area contributed by atoms with Crippen molar-refractivity contribution >= 4 is 20.9 Å². The minimum absolute atomic E-state index is 0.0389. The first-order valence-electron chi connectivity index (χ1n) is 9.09. The smallest absolute Gasteiger partial charge is 0.253 e. The van der Waals surface area contributed by atoms with Crippen LogP contribution in [0.4, 0.5) is 0 Å². The normalized spacial score (nSPS) is 14.8. The standard InChI is InChI=1S/C20H22N2O4S/c1-4-27(24,25)11-13-8-16(15-7-12(2)20(23)22(3)10-15)18-17(9-13)21-19(26-18)14-5-6-14/h7-10,14H,4-6,11H2,1-3H3. The molecule has 1 saturated carbocycles. The number of nitrogens with zero attached hydrogens (tertiary/aromatic N) is 2. The number of hydrogen-bond donors (Lipinski definition) is 0. The molecule has 27 heavy (non-hydrogen) atoms. The fraction of sp³-hybridized carbons (Fsp3) is 0.400. The minimum atomic E-state index is -3.17. The van der Waals surface area contributed by atoms with Gasteiger partial charge in [0.2, 0.25) is 0 Å². The highest BCUT2D eigenvalue weighted by Gasteiger charge is 2.29. The Morgan fingerprint density at radius 1 is 1.26 bits per heavy atom. The van der Waals surface area contributed by atoms with Gasteiger partial charge in [-0.3, -0.25) is 4.79 Å². The average molecular weight is 386 g/mol. The molecule has 0 atom stereocenters. The van der Waals surface area contributed by atoms with E-state index in [1.54, 1.807) is 33.2 Å². The van der Waals surface area contributed by atoms with Crippen LogP contribution in [0.3, 0.4) is 0 Å². The summed E-state index contributed by atoms with van der Waals surface area (Å²) in [7, 11) is -1.47. The van der Waals surface area contributed by atoms with E-state index in [1.807, 2.05) is 12.1 Å². The molecular weight excluding hydrogens is 364 g/mol. The van der Waals surface area contributed by atoms with Crippen LogP contribution in [0.2, 0.25) is 0 Å². The van der Waals surface area contributed by atoms with E-state index in [4.69, 9.17) is 4.42 Å². The molecule has 0 radical (unpaired) electrons. The number of rotatable bonds is 5. The lowest BCUT2D eigenvalue weighted by atomic mass is 10.0. The maximum absolute atomic E-state index is 12.1. The first-order valence-corrected chi connectivity index (χ1v) is 10.9. The number of aromatic nitrogens is 2. The summed E-state index contributed by atoms with van der Waals surface area (Å²) in [5, 5.41) is 0. The number of aryl methyl sites for hydroxylation is 2. The molecule has 2 aromatic heterocycles. The topological polar surface area (TPSA) is 82.2 Å². The van der Waals surface area contributed by atoms with E-state index in [1.165, 1.54) is 4.57 Å². The molecule has 0 spiro atoms. The zero-order chi connectivity index (χ0) is 19.3. The van der Waals surface area contributed by atoms with Crippen molar-refractivity contribution < 1.29 is 12.8 Å². The van der Waals surface area contributed by atoms with Crippen LogP contribution in [0.25, 0.3) is 22.2 Å². The maximum atomic E-state index is 12.1. The predicted octanol–water partition coefficient (Wildman–Crippen LogP) is 3.31. The van der Waals surface area contributed by atoms with E-state index in [0.29, 0.717) is 34.0 Å². The maximum Gasteiger partial charge on any atom is 0.253 e. The van der Waals surface area contributed by atoms with Gasteiger partial charge in [0.05, 0.1) is 5.75 Å². The van der Waals surface area contributed by atoms with Gasteiger partial charge in [0.1, 0.15) is 5.52 Å². The molecule has 0 bridgehead atoms. The lowest BCUT2D eigenvalue weighted by molar-refractivity contribution is 0.534. The SMILES string of the molecule is CCS(=O)(=O)Cc1cc(-c2cc(C)c(=O)n(C)c2)c2oc(C3CC3)nc2c1. The summed E-state index contributed by atoms with van der Waals surface area (Å²) in [4.78, 5) is 16.7. The van der Waals surface area contributed by atoms with Crippen LogP contribution in [0, 0.1) is 6.92 Å². The largest absolute Gasteiger partial charge is 0.440 e. The number of pyridine rings is 1. The second-order valence-electron chi connectivity index (χ2n) is 7.32. The van der Waals surface area contributed by atoms with E-state index in [2.05, 4.69) is 4.98 Å². The van der Waals surface area contributed by atoms with Crippen LogP contribution in [0.15, 0.2) is 33.6 Å². The van der Waals surface area contributed by atoms with Crippen LogP contribution in [0.1, 0.15) is 42.7 Å². The van der Waals surface area contributed by atoms with Crippen LogP contribution in [-0.2, 0) is 22.6 Å². The highest BCUT2D eigenvalue weighted by molar-refractivity contribution is 7.90. The molecule has 1 aliphatic rings. The van der Waals surface area contributed by atoms with Gasteiger partial charge in [-0.1, -0.05) is 6.92 Å². The Morgan fingerprint density at radius 2 is 2.00 bits per heavy atom. The van der Waals surface area contributed by atoms with Crippen molar-refractivity contribution in [2.45, 2.75) is 38.4 Å². The van der Waals surface area contributed by atoms with Crippen molar-refractivity contribution in [2.75, 3.05) is 5.75 Å². The van der Waals surface area contributed by atoms with Gasteiger partial charge in [-0.25, -0.2) is 13.4 Å². The molecule has 1 fully saturated rings. The Balaban J connectivity index is 1.94. The van der Waals surface area contributed by atoms with Crippen molar-refractivity contribution in [2.24, 2.45) is 7.05 Å². The number of sulfone groups is 1. The van der Waals surface area contributed by atoms with Gasteiger partial charge in [-0.2, -0.15) is 0 Å². The van der Waals surface area contributed by atoms with E-state index >= 15 is 0 Å². The summed E-state index contributed by atoms with van der Waals surface area (Å²) in [6.07, 6.45) is 3.89. The summed E-state index contributed by atoms with van der Waals surface area (Å²) in [5.74, 6) is 1.12. The third kappa shape index (κ3) is 3.43. The van der Waals surface area contributed by atoms with E-state index < -0.39 is 9.84 Å². The highest BCUT2D eigenvalue weighted by Crippen LogP contribution is 2.42. The van der Waals surface area contributed by atoms with Gasteiger partial charge in [0.25, 0.3) is 5.56 Å². The molecule has 0 aliphatic heterocycles. The number of hydrogen-bond acceptors (Lipinski definition) is 5. The summed E-state index contributed by atoms with van der Waals surface area (Å²) in [6, 6.07) is 5.46. The number of benzene rings is 1. The highest BCUT2D eigenvalue weighted by atomic mass is 32.2. The summed E-state index contributed by atoms with van der Waals surface area (Å²) in [6.45, 7) is 3.41. The lowest BCUT2D eigenvalue weighted by Gasteiger charge is -2.09. The first kappa shape index (κ1) is 18.0. The summed E-state index contributed by atoms with van der Waals surface area (Å²) >= 11 is 0. The van der Waals surface area contributed by atoms with Crippen molar-refractivity contribution in [3.05, 3.63) is 51.8 Å². The number of oxazole rings is 1. The van der Waals surface area contributed by atoms with Gasteiger partial charge in [0.15, 0.2) is 21.3 Å². The van der Waals surface area contributed by atoms with Gasteiger partial charge >= 0.3 is 0 Å². The van der Waals surface area contributed by atoms with Gasteiger partial charge in [-0.15, -0.1) is 0 Å². The average Bonchev–Trinajstić information content (AvgIpc) is 3.38. The fourth-order valence-electron chi connectivity index (χ4n) is 3.29. The van der Waals surface area contributed by atoms with Gasteiger partial charge < -0.3 is 8.98 Å². The van der Waals surface area contributed by atoms with Crippen molar-refractivity contribution in [3.8, 4) is 11.1 Å². The molecule has 0 saturated heterocycles. The first-order chi connectivity index (χ1) is 12.8. The van der Waals surface area contributed by atoms with Crippen LogP contribution in [0.5, 0.6) is 0 Å². The molecule has 4 rings (SSSR count). The van der Waals surface area contributed by atoms with E-state index in [9.17, 15) is 13.2 Å². The molecule has 6 nitrogen and oxygen atoms in total. The molecule has 2 heterocycles. The molecule has 1 aliphatic carbocycles. The summed E-state index contributed by atoms with van der Waals surface area (Å²) in [5.41, 5.74) is 4.14. The molecule has 3 aromatic rings. The second kappa shape index (κ2) is 6.34. The molecule has 7 heteroatoms. The summed E-state index contributed by atoms with van der Waals surface area (Å²) < 4.78 is 31.9. The Hall–Kier alpha value is -2.41. The molecular formula is C20H22N2O4S. The third-order valence-corrected chi connectivity index (χ3v) is 6.65. The molecule has 0 unspecified atom stereocenters. The zero-order valence-corrected chi connectivity index (χ0v) is 16.5. The van der Waals surface area contributed by atoms with Gasteiger partial charge in [-0.05, 0) is 43.5 Å². The van der Waals surface area contributed by atoms with Crippen LogP contribution in [-0.4, -0.2) is 23.7 Å². The van der Waals surface area contributed by atoms with Crippen LogP contribution < -0.4 is 5.56 Å². The van der Waals surface area contributed by atoms with E-state index in [-0.39, 0.29) is 17.1 Å². The van der Waals surface area contributed by atoms with Crippen molar-refractivity contribution in [3.63, 3.8) is 0 Å².